The van der Waals surface area contributed by atoms with Crippen molar-refractivity contribution in [3.05, 3.63) is 48.0 Å². The van der Waals surface area contributed by atoms with Crippen LogP contribution < -0.4 is 0 Å². The molecule has 90 valence electrons. The van der Waals surface area contributed by atoms with E-state index < -0.39 is 0 Å². The van der Waals surface area contributed by atoms with E-state index in [9.17, 15) is 4.79 Å². The van der Waals surface area contributed by atoms with Crippen LogP contribution in [0.2, 0.25) is 0 Å². The zero-order chi connectivity index (χ0) is 12.3. The Bertz CT molecular complexity index is 410. The van der Waals surface area contributed by atoms with Crippen LogP contribution in [-0.2, 0) is 11.3 Å². The molecule has 1 aliphatic heterocycles. The molecule has 0 bridgehead atoms. The van der Waals surface area contributed by atoms with E-state index in [1.165, 1.54) is 5.56 Å². The Morgan fingerprint density at radius 3 is 2.71 bits per heavy atom. The predicted molar refractivity (Wildman–Crippen MR) is 69.6 cm³/mol. The number of likely N-dealkylation sites (tertiary alicyclic amines) is 1. The van der Waals surface area contributed by atoms with Gasteiger partial charge in [-0.1, -0.05) is 42.5 Å². The molecule has 1 heterocycles. The summed E-state index contributed by atoms with van der Waals surface area (Å²) in [5.41, 5.74) is 2.28. The molecule has 0 radical (unpaired) electrons. The molecular weight excluding hydrogens is 210 g/mol. The van der Waals surface area contributed by atoms with Crippen LogP contribution in [0, 0.1) is 5.92 Å². The molecule has 1 aromatic rings. The standard InChI is InChI=1S/C15H19NO/c1-12(2)14-8-9-16(11-15(14)17)10-13-6-4-3-5-7-13/h3-7,14H,1,8-11H2,2H3. The summed E-state index contributed by atoms with van der Waals surface area (Å²) in [5.74, 6) is 0.404. The van der Waals surface area contributed by atoms with Gasteiger partial charge in [0.1, 0.15) is 0 Å². The summed E-state index contributed by atoms with van der Waals surface area (Å²) in [5, 5.41) is 0. The first kappa shape index (κ1) is 12.1. The molecule has 1 atom stereocenters. The molecule has 0 spiro atoms. The minimum atomic E-state index is 0.0852. The van der Waals surface area contributed by atoms with E-state index in [0.717, 1.165) is 25.1 Å². The van der Waals surface area contributed by atoms with Gasteiger partial charge in [0.05, 0.1) is 6.54 Å². The van der Waals surface area contributed by atoms with E-state index in [1.54, 1.807) is 0 Å². The van der Waals surface area contributed by atoms with Gasteiger partial charge >= 0.3 is 0 Å². The van der Waals surface area contributed by atoms with Gasteiger partial charge in [0.25, 0.3) is 0 Å². The molecule has 0 aromatic heterocycles. The van der Waals surface area contributed by atoms with Gasteiger partial charge in [0.15, 0.2) is 5.78 Å². The topological polar surface area (TPSA) is 20.3 Å². The Kier molecular flexibility index (Phi) is 3.75. The van der Waals surface area contributed by atoms with E-state index in [2.05, 4.69) is 23.6 Å². The molecule has 0 saturated carbocycles. The van der Waals surface area contributed by atoms with Crippen molar-refractivity contribution in [1.29, 1.82) is 0 Å². The number of rotatable bonds is 3. The van der Waals surface area contributed by atoms with Crippen LogP contribution in [0.1, 0.15) is 18.9 Å². The Morgan fingerprint density at radius 2 is 2.12 bits per heavy atom. The summed E-state index contributed by atoms with van der Waals surface area (Å²) in [7, 11) is 0. The Balaban J connectivity index is 1.94. The second-order valence-electron chi connectivity index (χ2n) is 4.85. The molecule has 2 nitrogen and oxygen atoms in total. The van der Waals surface area contributed by atoms with Crippen molar-refractivity contribution in [2.24, 2.45) is 5.92 Å². The Morgan fingerprint density at radius 1 is 1.41 bits per heavy atom. The fourth-order valence-corrected chi connectivity index (χ4v) is 2.38. The molecule has 0 N–H and O–H groups in total. The third kappa shape index (κ3) is 3.04. The number of piperidine rings is 1. The van der Waals surface area contributed by atoms with Crippen molar-refractivity contribution in [2.75, 3.05) is 13.1 Å². The quantitative estimate of drug-likeness (QED) is 0.743. The highest BCUT2D eigenvalue weighted by Gasteiger charge is 2.27. The SMILES string of the molecule is C=C(C)C1CCN(Cc2ccccc2)CC1=O. The van der Waals surface area contributed by atoms with Gasteiger partial charge in [-0.05, 0) is 25.5 Å². The van der Waals surface area contributed by atoms with Gasteiger partial charge in [-0.3, -0.25) is 9.69 Å². The fourth-order valence-electron chi connectivity index (χ4n) is 2.38. The lowest BCUT2D eigenvalue weighted by molar-refractivity contribution is -0.125. The Labute approximate surface area is 103 Å². The molecule has 1 saturated heterocycles. The third-order valence-corrected chi connectivity index (χ3v) is 3.35. The highest BCUT2D eigenvalue weighted by molar-refractivity contribution is 5.86. The summed E-state index contributed by atoms with van der Waals surface area (Å²) < 4.78 is 0. The van der Waals surface area contributed by atoms with E-state index in [-0.39, 0.29) is 5.92 Å². The summed E-state index contributed by atoms with van der Waals surface area (Å²) >= 11 is 0. The number of ketones is 1. The second-order valence-corrected chi connectivity index (χ2v) is 4.85. The van der Waals surface area contributed by atoms with Gasteiger partial charge < -0.3 is 0 Å². The van der Waals surface area contributed by atoms with Gasteiger partial charge in [0, 0.05) is 12.5 Å². The minimum absolute atomic E-state index is 0.0852. The minimum Gasteiger partial charge on any atom is -0.298 e. The molecule has 1 aliphatic rings. The van der Waals surface area contributed by atoms with Crippen LogP contribution >= 0.6 is 0 Å². The smallest absolute Gasteiger partial charge is 0.153 e. The van der Waals surface area contributed by atoms with Gasteiger partial charge in [-0.2, -0.15) is 0 Å². The van der Waals surface area contributed by atoms with E-state index in [0.29, 0.717) is 12.3 Å². The number of carbonyl (C=O) groups is 1. The first-order valence-corrected chi connectivity index (χ1v) is 6.11. The highest BCUT2D eigenvalue weighted by Crippen LogP contribution is 2.21. The van der Waals surface area contributed by atoms with Crippen LogP contribution in [0.3, 0.4) is 0 Å². The predicted octanol–water partition coefficient (Wildman–Crippen LogP) is 2.65. The maximum absolute atomic E-state index is 11.9. The molecule has 1 unspecified atom stereocenters. The van der Waals surface area contributed by atoms with Gasteiger partial charge in [0.2, 0.25) is 0 Å². The fraction of sp³-hybridized carbons (Fsp3) is 0.400. The summed E-state index contributed by atoms with van der Waals surface area (Å²) in [6.07, 6.45) is 0.918. The van der Waals surface area contributed by atoms with Crippen molar-refractivity contribution in [2.45, 2.75) is 19.9 Å². The molecule has 2 rings (SSSR count). The number of carbonyl (C=O) groups excluding carboxylic acids is 1. The number of allylic oxidation sites excluding steroid dienone is 1. The first-order valence-electron chi connectivity index (χ1n) is 6.11. The number of Topliss-reactive ketones (excluding diaryl/α,β-unsaturated/α-hetero) is 1. The number of hydrogen-bond acceptors (Lipinski definition) is 2. The summed E-state index contributed by atoms with van der Waals surface area (Å²) in [6, 6.07) is 10.3. The van der Waals surface area contributed by atoms with Gasteiger partial charge in [-0.15, -0.1) is 0 Å². The lowest BCUT2D eigenvalue weighted by atomic mass is 9.89. The largest absolute Gasteiger partial charge is 0.298 e. The summed E-state index contributed by atoms with van der Waals surface area (Å²) in [4.78, 5) is 14.2. The zero-order valence-electron chi connectivity index (χ0n) is 10.4. The van der Waals surface area contributed by atoms with Crippen molar-refractivity contribution in [3.63, 3.8) is 0 Å². The van der Waals surface area contributed by atoms with Crippen molar-refractivity contribution < 1.29 is 4.79 Å². The molecule has 1 fully saturated rings. The second kappa shape index (κ2) is 5.28. The molecule has 0 amide bonds. The van der Waals surface area contributed by atoms with Gasteiger partial charge in [-0.25, -0.2) is 0 Å². The number of hydrogen-bond donors (Lipinski definition) is 0. The molecule has 0 aliphatic carbocycles. The normalized spacial score (nSPS) is 21.5. The average Bonchev–Trinajstić information content (AvgIpc) is 2.30. The number of nitrogens with zero attached hydrogens (tertiary/aromatic N) is 1. The Hall–Kier alpha value is -1.41. The molecule has 2 heteroatoms. The third-order valence-electron chi connectivity index (χ3n) is 3.35. The van der Waals surface area contributed by atoms with Crippen LogP contribution in [0.15, 0.2) is 42.5 Å². The lowest BCUT2D eigenvalue weighted by Gasteiger charge is -2.31. The van der Waals surface area contributed by atoms with Crippen LogP contribution in [0.4, 0.5) is 0 Å². The molecule has 17 heavy (non-hydrogen) atoms. The van der Waals surface area contributed by atoms with E-state index in [4.69, 9.17) is 0 Å². The van der Waals surface area contributed by atoms with Crippen molar-refractivity contribution in [1.82, 2.24) is 4.90 Å². The average molecular weight is 229 g/mol. The van der Waals surface area contributed by atoms with Crippen LogP contribution in [0.5, 0.6) is 0 Å². The number of benzene rings is 1. The highest BCUT2D eigenvalue weighted by atomic mass is 16.1. The maximum Gasteiger partial charge on any atom is 0.153 e. The van der Waals surface area contributed by atoms with Crippen LogP contribution in [0.25, 0.3) is 0 Å². The molecular formula is C15H19NO. The zero-order valence-corrected chi connectivity index (χ0v) is 10.4. The molecule has 1 aromatic carbocycles. The van der Waals surface area contributed by atoms with E-state index >= 15 is 0 Å². The summed E-state index contributed by atoms with van der Waals surface area (Å²) in [6.45, 7) is 8.27. The van der Waals surface area contributed by atoms with Crippen LogP contribution in [-0.4, -0.2) is 23.8 Å². The lowest BCUT2D eigenvalue weighted by Crippen LogP contribution is -2.40. The van der Waals surface area contributed by atoms with Crippen molar-refractivity contribution in [3.8, 4) is 0 Å². The monoisotopic (exact) mass is 229 g/mol. The first-order chi connectivity index (χ1) is 8.16. The van der Waals surface area contributed by atoms with E-state index in [1.807, 2.05) is 25.1 Å². The maximum atomic E-state index is 11.9. The van der Waals surface area contributed by atoms with Crippen molar-refractivity contribution >= 4 is 5.78 Å².